The molecular formula is C20H29N5O. The van der Waals surface area contributed by atoms with Gasteiger partial charge < -0.3 is 19.9 Å². The van der Waals surface area contributed by atoms with E-state index in [1.54, 1.807) is 7.11 Å². The fraction of sp³-hybridized carbons (Fsp3) is 0.500. The molecule has 0 unspecified atom stereocenters. The predicted octanol–water partition coefficient (Wildman–Crippen LogP) is 2.79. The van der Waals surface area contributed by atoms with Crippen molar-refractivity contribution in [2.24, 2.45) is 0 Å². The molecule has 140 valence electrons. The van der Waals surface area contributed by atoms with Crippen LogP contribution >= 0.6 is 0 Å². The van der Waals surface area contributed by atoms with Gasteiger partial charge in [-0.25, -0.2) is 4.98 Å². The Bertz CT molecular complexity index is 741. The van der Waals surface area contributed by atoms with E-state index in [0.29, 0.717) is 6.61 Å². The van der Waals surface area contributed by atoms with Crippen molar-refractivity contribution >= 4 is 17.5 Å². The third-order valence-corrected chi connectivity index (χ3v) is 4.93. The molecule has 0 amide bonds. The van der Waals surface area contributed by atoms with E-state index in [-0.39, 0.29) is 0 Å². The van der Waals surface area contributed by atoms with Crippen molar-refractivity contribution in [3.8, 4) is 0 Å². The first-order chi connectivity index (χ1) is 12.6. The number of rotatable bonds is 6. The zero-order valence-corrected chi connectivity index (χ0v) is 16.2. The first kappa shape index (κ1) is 18.5. The summed E-state index contributed by atoms with van der Waals surface area (Å²) in [6.07, 6.45) is 0. The van der Waals surface area contributed by atoms with Gasteiger partial charge in [0.25, 0.3) is 0 Å². The summed E-state index contributed by atoms with van der Waals surface area (Å²) in [5.41, 5.74) is 5.04. The monoisotopic (exact) mass is 355 g/mol. The Morgan fingerprint density at radius 2 is 1.77 bits per heavy atom. The number of aromatic nitrogens is 2. The number of aryl methyl sites for hydroxylation is 2. The minimum absolute atomic E-state index is 0.660. The average Bonchev–Trinajstić information content (AvgIpc) is 2.64. The molecule has 6 nitrogen and oxygen atoms in total. The van der Waals surface area contributed by atoms with Gasteiger partial charge in [-0.2, -0.15) is 4.98 Å². The van der Waals surface area contributed by atoms with Crippen molar-refractivity contribution in [3.05, 3.63) is 41.1 Å². The Morgan fingerprint density at radius 1 is 1.04 bits per heavy atom. The summed E-state index contributed by atoms with van der Waals surface area (Å²) in [4.78, 5) is 14.1. The van der Waals surface area contributed by atoms with Gasteiger partial charge in [0.15, 0.2) is 0 Å². The normalized spacial score (nSPS) is 14.6. The number of nitrogens with zero attached hydrogens (tertiary/aromatic N) is 4. The van der Waals surface area contributed by atoms with Crippen LogP contribution in [0.5, 0.6) is 0 Å². The Balaban J connectivity index is 1.67. The maximum atomic E-state index is 5.09. The van der Waals surface area contributed by atoms with E-state index in [2.05, 4.69) is 57.1 Å². The first-order valence-electron chi connectivity index (χ1n) is 9.23. The van der Waals surface area contributed by atoms with Gasteiger partial charge in [0.05, 0.1) is 6.61 Å². The maximum absolute atomic E-state index is 5.09. The van der Waals surface area contributed by atoms with Crippen molar-refractivity contribution < 1.29 is 4.74 Å². The first-order valence-corrected chi connectivity index (χ1v) is 9.23. The van der Waals surface area contributed by atoms with Crippen LogP contribution in [0.1, 0.15) is 16.8 Å². The van der Waals surface area contributed by atoms with E-state index < -0.39 is 0 Å². The predicted molar refractivity (Wildman–Crippen MR) is 107 cm³/mol. The Labute approximate surface area is 156 Å². The number of hydrogen-bond acceptors (Lipinski definition) is 6. The lowest BCUT2D eigenvalue weighted by atomic mass is 10.1. The molecule has 2 heterocycles. The maximum Gasteiger partial charge on any atom is 0.227 e. The zero-order chi connectivity index (χ0) is 18.5. The van der Waals surface area contributed by atoms with Crippen LogP contribution in [0.15, 0.2) is 24.3 Å². The molecule has 1 saturated heterocycles. The average molecular weight is 355 g/mol. The van der Waals surface area contributed by atoms with E-state index in [1.165, 1.54) is 16.8 Å². The fourth-order valence-corrected chi connectivity index (χ4v) is 3.29. The summed E-state index contributed by atoms with van der Waals surface area (Å²) in [5.74, 6) is 1.67. The molecule has 3 rings (SSSR count). The van der Waals surface area contributed by atoms with Gasteiger partial charge in [-0.3, -0.25) is 0 Å². The van der Waals surface area contributed by atoms with Crippen molar-refractivity contribution in [2.45, 2.75) is 20.8 Å². The molecule has 1 aliphatic heterocycles. The lowest BCUT2D eigenvalue weighted by Gasteiger charge is -2.37. The Morgan fingerprint density at radius 3 is 2.50 bits per heavy atom. The quantitative estimate of drug-likeness (QED) is 0.804. The van der Waals surface area contributed by atoms with Crippen LogP contribution < -0.4 is 15.1 Å². The molecule has 0 spiro atoms. The minimum Gasteiger partial charge on any atom is -0.383 e. The van der Waals surface area contributed by atoms with Gasteiger partial charge in [0.1, 0.15) is 5.82 Å². The van der Waals surface area contributed by atoms with Gasteiger partial charge in [-0.15, -0.1) is 0 Å². The SMILES string of the molecule is COCCNc1cc(C)nc(N2CCN(c3cccc(C)c3C)CC2)n1. The van der Waals surface area contributed by atoms with Crippen LogP contribution in [-0.2, 0) is 4.74 Å². The van der Waals surface area contributed by atoms with Crippen molar-refractivity contribution in [1.82, 2.24) is 9.97 Å². The fourth-order valence-electron chi connectivity index (χ4n) is 3.29. The summed E-state index contributed by atoms with van der Waals surface area (Å²) < 4.78 is 5.09. The second kappa shape index (κ2) is 8.36. The highest BCUT2D eigenvalue weighted by Gasteiger charge is 2.21. The van der Waals surface area contributed by atoms with Crippen LogP contribution in [0, 0.1) is 20.8 Å². The summed E-state index contributed by atoms with van der Waals surface area (Å²) in [6, 6.07) is 8.52. The summed E-state index contributed by atoms with van der Waals surface area (Å²) in [5, 5.41) is 3.30. The Kier molecular flexibility index (Phi) is 5.93. The molecule has 1 aliphatic rings. The van der Waals surface area contributed by atoms with Crippen molar-refractivity contribution in [1.29, 1.82) is 0 Å². The standard InChI is InChI=1S/C20H29N5O/c1-15-6-5-7-18(17(15)3)24-9-11-25(12-10-24)20-22-16(2)14-19(23-20)21-8-13-26-4/h5-7,14H,8-13H2,1-4H3,(H,21,22,23). The summed E-state index contributed by atoms with van der Waals surface area (Å²) in [7, 11) is 1.70. The highest BCUT2D eigenvalue weighted by Crippen LogP contribution is 2.25. The zero-order valence-electron chi connectivity index (χ0n) is 16.2. The summed E-state index contributed by atoms with van der Waals surface area (Å²) in [6.45, 7) is 11.6. The number of nitrogens with one attached hydrogen (secondary N) is 1. The second-order valence-electron chi connectivity index (χ2n) is 6.81. The van der Waals surface area contributed by atoms with E-state index in [1.807, 2.05) is 13.0 Å². The highest BCUT2D eigenvalue weighted by atomic mass is 16.5. The van der Waals surface area contributed by atoms with E-state index in [4.69, 9.17) is 4.74 Å². The molecule has 1 fully saturated rings. The van der Waals surface area contributed by atoms with Crippen LogP contribution in [0.4, 0.5) is 17.5 Å². The van der Waals surface area contributed by atoms with E-state index >= 15 is 0 Å². The molecule has 0 aliphatic carbocycles. The molecule has 0 atom stereocenters. The molecule has 0 saturated carbocycles. The number of piperazine rings is 1. The topological polar surface area (TPSA) is 53.5 Å². The van der Waals surface area contributed by atoms with Crippen LogP contribution in [0.2, 0.25) is 0 Å². The van der Waals surface area contributed by atoms with Crippen LogP contribution in [0.25, 0.3) is 0 Å². The van der Waals surface area contributed by atoms with Crippen molar-refractivity contribution in [2.75, 3.05) is 61.6 Å². The number of methoxy groups -OCH3 is 1. The van der Waals surface area contributed by atoms with Gasteiger partial charge in [0.2, 0.25) is 5.95 Å². The molecule has 26 heavy (non-hydrogen) atoms. The van der Waals surface area contributed by atoms with E-state index in [9.17, 15) is 0 Å². The highest BCUT2D eigenvalue weighted by molar-refractivity contribution is 5.57. The molecule has 0 bridgehead atoms. The van der Waals surface area contributed by atoms with Crippen LogP contribution in [0.3, 0.4) is 0 Å². The van der Waals surface area contributed by atoms with Gasteiger partial charge in [-0.05, 0) is 38.0 Å². The minimum atomic E-state index is 0.660. The van der Waals surface area contributed by atoms with Crippen LogP contribution in [-0.4, -0.2) is 56.4 Å². The van der Waals surface area contributed by atoms with Gasteiger partial charge >= 0.3 is 0 Å². The molecule has 1 N–H and O–H groups in total. The molecular weight excluding hydrogens is 326 g/mol. The Hall–Kier alpha value is -2.34. The lowest BCUT2D eigenvalue weighted by Crippen LogP contribution is -2.47. The number of ether oxygens (including phenoxy) is 1. The smallest absolute Gasteiger partial charge is 0.227 e. The van der Waals surface area contributed by atoms with Crippen molar-refractivity contribution in [3.63, 3.8) is 0 Å². The third-order valence-electron chi connectivity index (χ3n) is 4.93. The molecule has 1 aromatic carbocycles. The molecule has 0 radical (unpaired) electrons. The number of benzene rings is 1. The van der Waals surface area contributed by atoms with E-state index in [0.717, 1.165) is 50.2 Å². The molecule has 1 aromatic heterocycles. The number of hydrogen-bond donors (Lipinski definition) is 1. The summed E-state index contributed by atoms with van der Waals surface area (Å²) >= 11 is 0. The molecule has 6 heteroatoms. The third kappa shape index (κ3) is 4.25. The molecule has 2 aromatic rings. The lowest BCUT2D eigenvalue weighted by molar-refractivity contribution is 0.210. The number of anilines is 3. The van der Waals surface area contributed by atoms with Gasteiger partial charge in [0, 0.05) is 57.3 Å². The second-order valence-corrected chi connectivity index (χ2v) is 6.81. The largest absolute Gasteiger partial charge is 0.383 e. The van der Waals surface area contributed by atoms with Gasteiger partial charge in [-0.1, -0.05) is 12.1 Å².